The van der Waals surface area contributed by atoms with Crippen LogP contribution in [0.5, 0.6) is 0 Å². The van der Waals surface area contributed by atoms with Gasteiger partial charge >= 0.3 is 0 Å². The molecule has 1 aliphatic rings. The molecule has 1 unspecified atom stereocenters. The molecule has 0 spiro atoms. The Hall–Kier alpha value is -3.22. The molecule has 1 aromatic carbocycles. The monoisotopic (exact) mass is 390 g/mol. The summed E-state index contributed by atoms with van der Waals surface area (Å²) in [5, 5.41) is 3.07. The molecule has 1 saturated heterocycles. The lowest BCUT2D eigenvalue weighted by Crippen LogP contribution is -2.43. The van der Waals surface area contributed by atoms with Crippen molar-refractivity contribution in [2.24, 2.45) is 0 Å². The van der Waals surface area contributed by atoms with Crippen molar-refractivity contribution >= 4 is 11.7 Å². The van der Waals surface area contributed by atoms with Crippen LogP contribution in [0, 0.1) is 6.92 Å². The van der Waals surface area contributed by atoms with E-state index in [1.807, 2.05) is 24.4 Å². The number of aryl methyl sites for hydroxylation is 1. The summed E-state index contributed by atoms with van der Waals surface area (Å²) >= 11 is 0. The van der Waals surface area contributed by atoms with E-state index in [9.17, 15) is 4.79 Å². The van der Waals surface area contributed by atoms with Crippen molar-refractivity contribution in [3.63, 3.8) is 0 Å². The van der Waals surface area contributed by atoms with Gasteiger partial charge in [-0.3, -0.25) is 9.36 Å². The summed E-state index contributed by atoms with van der Waals surface area (Å²) in [5.41, 5.74) is 2.33. The normalized spacial score (nSPS) is 16.6. The molecule has 3 aromatic rings. The molecule has 0 aliphatic carbocycles. The molecular weight excluding hydrogens is 364 g/mol. The predicted octanol–water partition coefficient (Wildman–Crippen LogP) is 3.04. The van der Waals surface area contributed by atoms with Gasteiger partial charge in [-0.05, 0) is 37.8 Å². The van der Waals surface area contributed by atoms with Crippen molar-refractivity contribution in [1.29, 1.82) is 0 Å². The molecule has 7 heteroatoms. The topological polar surface area (TPSA) is 75.9 Å². The molecule has 1 fully saturated rings. The van der Waals surface area contributed by atoms with Crippen LogP contribution in [0.4, 0.5) is 5.82 Å². The average Bonchev–Trinajstić information content (AvgIpc) is 3.28. The highest BCUT2D eigenvalue weighted by Crippen LogP contribution is 2.25. The molecule has 0 bridgehead atoms. The van der Waals surface area contributed by atoms with Crippen molar-refractivity contribution < 1.29 is 4.79 Å². The van der Waals surface area contributed by atoms with Crippen LogP contribution in [0.1, 0.15) is 36.8 Å². The molecule has 2 aromatic heterocycles. The highest BCUT2D eigenvalue weighted by molar-refractivity contribution is 5.77. The molecule has 1 N–H and O–H groups in total. The number of nitrogens with zero attached hydrogens (tertiary/aromatic N) is 5. The van der Waals surface area contributed by atoms with Gasteiger partial charge in [-0.25, -0.2) is 9.97 Å². The summed E-state index contributed by atoms with van der Waals surface area (Å²) < 4.78 is 1.79. The van der Waals surface area contributed by atoms with Crippen LogP contribution in [0.15, 0.2) is 55.2 Å². The lowest BCUT2D eigenvalue weighted by molar-refractivity contribution is -0.121. The van der Waals surface area contributed by atoms with Gasteiger partial charge < -0.3 is 10.2 Å². The third-order valence-corrected chi connectivity index (χ3v) is 5.28. The van der Waals surface area contributed by atoms with Gasteiger partial charge in [0.1, 0.15) is 12.1 Å². The number of piperidine rings is 1. The molecule has 7 nitrogen and oxygen atoms in total. The number of nitrogens with one attached hydrogen (secondary N) is 1. The van der Waals surface area contributed by atoms with Crippen molar-refractivity contribution in [3.8, 4) is 5.95 Å². The van der Waals surface area contributed by atoms with Gasteiger partial charge in [-0.15, -0.1) is 0 Å². The van der Waals surface area contributed by atoms with Gasteiger partial charge in [0.15, 0.2) is 0 Å². The van der Waals surface area contributed by atoms with Crippen LogP contribution in [0.25, 0.3) is 5.95 Å². The second-order valence-corrected chi connectivity index (χ2v) is 7.50. The first kappa shape index (κ1) is 19.1. The molecule has 0 radical (unpaired) electrons. The molecule has 29 heavy (non-hydrogen) atoms. The van der Waals surface area contributed by atoms with E-state index in [-0.39, 0.29) is 11.9 Å². The van der Waals surface area contributed by atoms with Gasteiger partial charge in [0, 0.05) is 44.1 Å². The molecule has 1 aliphatic heterocycles. The van der Waals surface area contributed by atoms with Crippen LogP contribution in [0.3, 0.4) is 0 Å². The van der Waals surface area contributed by atoms with Gasteiger partial charge in [-0.1, -0.05) is 29.8 Å². The van der Waals surface area contributed by atoms with Crippen LogP contribution >= 0.6 is 0 Å². The Morgan fingerprint density at radius 2 is 2.17 bits per heavy atom. The number of carbonyl (C=O) groups is 1. The highest BCUT2D eigenvalue weighted by Gasteiger charge is 2.26. The molecular formula is C22H26N6O. The molecule has 3 heterocycles. The van der Waals surface area contributed by atoms with E-state index in [1.54, 1.807) is 23.3 Å². The van der Waals surface area contributed by atoms with Crippen LogP contribution in [-0.2, 0) is 11.3 Å². The fourth-order valence-electron chi connectivity index (χ4n) is 3.82. The molecule has 0 saturated carbocycles. The lowest BCUT2D eigenvalue weighted by atomic mass is 9.99. The summed E-state index contributed by atoms with van der Waals surface area (Å²) in [4.78, 5) is 28.0. The summed E-state index contributed by atoms with van der Waals surface area (Å²) in [5.74, 6) is 1.53. The number of aromatic nitrogens is 4. The van der Waals surface area contributed by atoms with Crippen molar-refractivity contribution in [2.45, 2.75) is 45.2 Å². The average molecular weight is 390 g/mol. The second-order valence-electron chi connectivity index (χ2n) is 7.50. The summed E-state index contributed by atoms with van der Waals surface area (Å²) in [6, 6.07) is 10.3. The minimum Gasteiger partial charge on any atom is -0.353 e. The number of rotatable bonds is 6. The lowest BCUT2D eigenvalue weighted by Gasteiger charge is -2.36. The first-order valence-electron chi connectivity index (χ1n) is 10.1. The van der Waals surface area contributed by atoms with E-state index in [2.05, 4.69) is 39.2 Å². The minimum absolute atomic E-state index is 0.0762. The number of imidazole rings is 1. The predicted molar refractivity (Wildman–Crippen MR) is 112 cm³/mol. The number of anilines is 1. The van der Waals surface area contributed by atoms with Crippen LogP contribution in [0.2, 0.25) is 0 Å². The Bertz CT molecular complexity index is 955. The van der Waals surface area contributed by atoms with E-state index < -0.39 is 0 Å². The largest absolute Gasteiger partial charge is 0.353 e. The summed E-state index contributed by atoms with van der Waals surface area (Å²) in [7, 11) is 0. The van der Waals surface area contributed by atoms with E-state index in [0.29, 0.717) is 18.9 Å². The zero-order chi connectivity index (χ0) is 20.1. The third-order valence-electron chi connectivity index (χ3n) is 5.28. The number of hydrogen-bond donors (Lipinski definition) is 1. The van der Waals surface area contributed by atoms with E-state index in [0.717, 1.165) is 37.2 Å². The number of hydrogen-bond acceptors (Lipinski definition) is 5. The Labute approximate surface area is 170 Å². The van der Waals surface area contributed by atoms with Crippen molar-refractivity contribution in [2.75, 3.05) is 11.4 Å². The van der Waals surface area contributed by atoms with Crippen molar-refractivity contribution in [3.05, 3.63) is 66.4 Å². The van der Waals surface area contributed by atoms with Crippen LogP contribution < -0.4 is 10.2 Å². The van der Waals surface area contributed by atoms with Crippen LogP contribution in [-0.4, -0.2) is 38.0 Å². The Morgan fingerprint density at radius 1 is 1.24 bits per heavy atom. The fraction of sp³-hybridized carbons (Fsp3) is 0.364. The molecule has 1 amide bonds. The zero-order valence-corrected chi connectivity index (χ0v) is 16.7. The summed E-state index contributed by atoms with van der Waals surface area (Å²) in [6.45, 7) is 3.52. The molecule has 4 rings (SSSR count). The second kappa shape index (κ2) is 8.86. The van der Waals surface area contributed by atoms with Crippen molar-refractivity contribution in [1.82, 2.24) is 24.8 Å². The van der Waals surface area contributed by atoms with Gasteiger partial charge in [0.05, 0.1) is 0 Å². The number of carbonyl (C=O) groups excluding carboxylic acids is 1. The highest BCUT2D eigenvalue weighted by atomic mass is 16.1. The first-order chi connectivity index (χ1) is 14.2. The SMILES string of the molecule is Cc1cccc(CNC(=O)CC2CCCCN2c2ccnc(-n3ccnc3)n2)c1. The minimum atomic E-state index is 0.0762. The third kappa shape index (κ3) is 4.80. The molecule has 1 atom stereocenters. The van der Waals surface area contributed by atoms with Gasteiger partial charge in [-0.2, -0.15) is 4.98 Å². The van der Waals surface area contributed by atoms with E-state index in [4.69, 9.17) is 4.98 Å². The number of amides is 1. The maximum Gasteiger partial charge on any atom is 0.236 e. The van der Waals surface area contributed by atoms with E-state index >= 15 is 0 Å². The fourth-order valence-corrected chi connectivity index (χ4v) is 3.82. The van der Waals surface area contributed by atoms with E-state index in [1.165, 1.54) is 5.56 Å². The Balaban J connectivity index is 1.42. The maximum atomic E-state index is 12.6. The summed E-state index contributed by atoms with van der Waals surface area (Å²) in [6.07, 6.45) is 10.7. The maximum absolute atomic E-state index is 12.6. The first-order valence-corrected chi connectivity index (χ1v) is 10.1. The number of benzene rings is 1. The van der Waals surface area contributed by atoms with Gasteiger partial charge in [0.25, 0.3) is 0 Å². The van der Waals surface area contributed by atoms with Gasteiger partial charge in [0.2, 0.25) is 11.9 Å². The smallest absolute Gasteiger partial charge is 0.236 e. The molecule has 150 valence electrons. The standard InChI is InChI=1S/C22H26N6O/c1-17-5-4-6-18(13-17)15-25-21(29)14-19-7-2-3-11-28(19)20-8-9-24-22(26-20)27-12-10-23-16-27/h4-6,8-10,12-13,16,19H,2-3,7,11,14-15H2,1H3,(H,25,29). The zero-order valence-electron chi connectivity index (χ0n) is 16.7. The quantitative estimate of drug-likeness (QED) is 0.700. The Kier molecular flexibility index (Phi) is 5.84. The Morgan fingerprint density at radius 3 is 3.00 bits per heavy atom.